The van der Waals surface area contributed by atoms with Gasteiger partial charge in [0.2, 0.25) is 0 Å². The van der Waals surface area contributed by atoms with Crippen LogP contribution in [0.5, 0.6) is 5.75 Å². The van der Waals surface area contributed by atoms with Gasteiger partial charge in [-0.1, -0.05) is 0 Å². The molecule has 88 valence electrons. The van der Waals surface area contributed by atoms with Gasteiger partial charge in [-0.3, -0.25) is 4.79 Å². The SMILES string of the molecule is COc1cc(C)c(C(O)CC(=O)O)cc1C. The molecule has 0 radical (unpaired) electrons. The lowest BCUT2D eigenvalue weighted by atomic mass is 9.98. The summed E-state index contributed by atoms with van der Waals surface area (Å²) < 4.78 is 5.14. The third-order valence-electron chi connectivity index (χ3n) is 2.51. The van der Waals surface area contributed by atoms with Crippen LogP contribution in [0.15, 0.2) is 12.1 Å². The van der Waals surface area contributed by atoms with Crippen LogP contribution in [0.1, 0.15) is 29.2 Å². The molecule has 1 aromatic rings. The minimum absolute atomic E-state index is 0.285. The van der Waals surface area contributed by atoms with Gasteiger partial charge in [-0.2, -0.15) is 0 Å². The summed E-state index contributed by atoms with van der Waals surface area (Å²) in [4.78, 5) is 10.5. The molecule has 0 bridgehead atoms. The van der Waals surface area contributed by atoms with Crippen molar-refractivity contribution in [2.24, 2.45) is 0 Å². The van der Waals surface area contributed by atoms with E-state index in [4.69, 9.17) is 9.84 Å². The second-order valence-corrected chi connectivity index (χ2v) is 3.79. The molecule has 1 atom stereocenters. The van der Waals surface area contributed by atoms with Crippen molar-refractivity contribution in [1.82, 2.24) is 0 Å². The number of aliphatic carboxylic acids is 1. The Hall–Kier alpha value is -1.55. The van der Waals surface area contributed by atoms with Gasteiger partial charge in [0.25, 0.3) is 0 Å². The second kappa shape index (κ2) is 4.99. The standard InChI is InChI=1S/C12H16O4/c1-7-5-11(16-3)8(2)4-9(7)10(13)6-12(14)15/h4-5,10,13H,6H2,1-3H3,(H,14,15). The van der Waals surface area contributed by atoms with Crippen LogP contribution >= 0.6 is 0 Å². The highest BCUT2D eigenvalue weighted by atomic mass is 16.5. The summed E-state index contributed by atoms with van der Waals surface area (Å²) in [7, 11) is 1.58. The first-order valence-electron chi connectivity index (χ1n) is 5.00. The van der Waals surface area contributed by atoms with Crippen molar-refractivity contribution in [2.45, 2.75) is 26.4 Å². The lowest BCUT2D eigenvalue weighted by Gasteiger charge is -2.15. The Bertz CT molecular complexity index is 398. The predicted molar refractivity (Wildman–Crippen MR) is 59.7 cm³/mol. The van der Waals surface area contributed by atoms with E-state index < -0.39 is 12.1 Å². The third-order valence-corrected chi connectivity index (χ3v) is 2.51. The molecule has 0 heterocycles. The van der Waals surface area contributed by atoms with Gasteiger partial charge >= 0.3 is 5.97 Å². The Morgan fingerprint density at radius 3 is 2.50 bits per heavy atom. The summed E-state index contributed by atoms with van der Waals surface area (Å²) in [5.41, 5.74) is 2.35. The van der Waals surface area contributed by atoms with Gasteiger partial charge in [-0.25, -0.2) is 0 Å². The zero-order valence-corrected chi connectivity index (χ0v) is 9.65. The highest BCUT2D eigenvalue weighted by Gasteiger charge is 2.15. The molecule has 4 heteroatoms. The van der Waals surface area contributed by atoms with Gasteiger partial charge in [-0.15, -0.1) is 0 Å². The zero-order chi connectivity index (χ0) is 12.3. The lowest BCUT2D eigenvalue weighted by molar-refractivity contribution is -0.139. The van der Waals surface area contributed by atoms with E-state index in [0.717, 1.165) is 16.9 Å². The molecule has 0 aliphatic heterocycles. The molecule has 0 amide bonds. The van der Waals surface area contributed by atoms with Crippen LogP contribution in [0.25, 0.3) is 0 Å². The Morgan fingerprint density at radius 1 is 1.38 bits per heavy atom. The number of carboxylic acids is 1. The summed E-state index contributed by atoms with van der Waals surface area (Å²) in [6, 6.07) is 3.57. The summed E-state index contributed by atoms with van der Waals surface area (Å²) in [5, 5.41) is 18.4. The second-order valence-electron chi connectivity index (χ2n) is 3.79. The number of carbonyl (C=O) groups is 1. The van der Waals surface area contributed by atoms with Crippen LogP contribution in [-0.4, -0.2) is 23.3 Å². The topological polar surface area (TPSA) is 66.8 Å². The molecular formula is C12H16O4. The Labute approximate surface area is 94.5 Å². The number of hydrogen-bond donors (Lipinski definition) is 2. The van der Waals surface area contributed by atoms with Crippen molar-refractivity contribution in [3.05, 3.63) is 28.8 Å². The molecule has 4 nitrogen and oxygen atoms in total. The lowest BCUT2D eigenvalue weighted by Crippen LogP contribution is -2.07. The van der Waals surface area contributed by atoms with Gasteiger partial charge < -0.3 is 14.9 Å². The van der Waals surface area contributed by atoms with Crippen LogP contribution in [0.3, 0.4) is 0 Å². The fourth-order valence-corrected chi connectivity index (χ4v) is 1.67. The molecule has 1 aromatic carbocycles. The van der Waals surface area contributed by atoms with Crippen molar-refractivity contribution in [2.75, 3.05) is 7.11 Å². The molecule has 0 aliphatic carbocycles. The van der Waals surface area contributed by atoms with E-state index in [1.807, 2.05) is 13.8 Å². The third kappa shape index (κ3) is 2.73. The average Bonchev–Trinajstić information content (AvgIpc) is 2.19. The first-order chi connectivity index (χ1) is 7.45. The van der Waals surface area contributed by atoms with E-state index >= 15 is 0 Å². The molecule has 0 spiro atoms. The summed E-state index contributed by atoms with van der Waals surface area (Å²) in [5.74, 6) is -0.274. The quantitative estimate of drug-likeness (QED) is 0.818. The van der Waals surface area contributed by atoms with Gasteiger partial charge in [0.05, 0.1) is 19.6 Å². The number of aryl methyl sites for hydroxylation is 2. The highest BCUT2D eigenvalue weighted by molar-refractivity contribution is 5.67. The molecule has 1 rings (SSSR count). The Kier molecular flexibility index (Phi) is 3.90. The number of hydrogen-bond acceptors (Lipinski definition) is 3. The number of rotatable bonds is 4. The van der Waals surface area contributed by atoms with Crippen LogP contribution in [0, 0.1) is 13.8 Å². The predicted octanol–water partition coefficient (Wildman–Crippen LogP) is 1.82. The smallest absolute Gasteiger partial charge is 0.306 e. The number of aliphatic hydroxyl groups is 1. The molecule has 0 aliphatic rings. The van der Waals surface area contributed by atoms with Crippen LogP contribution in [-0.2, 0) is 4.79 Å². The largest absolute Gasteiger partial charge is 0.496 e. The van der Waals surface area contributed by atoms with E-state index in [0.29, 0.717) is 5.56 Å². The van der Waals surface area contributed by atoms with E-state index in [1.54, 1.807) is 19.2 Å². The first-order valence-corrected chi connectivity index (χ1v) is 5.00. The van der Waals surface area contributed by atoms with E-state index in [2.05, 4.69) is 0 Å². The molecule has 2 N–H and O–H groups in total. The summed E-state index contributed by atoms with van der Waals surface area (Å²) in [6.45, 7) is 3.68. The van der Waals surface area contributed by atoms with E-state index in [9.17, 15) is 9.90 Å². The van der Waals surface area contributed by atoms with Crippen LogP contribution in [0.4, 0.5) is 0 Å². The number of methoxy groups -OCH3 is 1. The molecule has 16 heavy (non-hydrogen) atoms. The Morgan fingerprint density at radius 2 is 2.00 bits per heavy atom. The van der Waals surface area contributed by atoms with Crippen molar-refractivity contribution >= 4 is 5.97 Å². The van der Waals surface area contributed by atoms with Crippen molar-refractivity contribution in [3.8, 4) is 5.75 Å². The summed E-state index contributed by atoms with van der Waals surface area (Å²) in [6.07, 6.45) is -1.26. The molecule has 0 saturated heterocycles. The number of ether oxygens (including phenoxy) is 1. The molecule has 0 saturated carbocycles. The maximum Gasteiger partial charge on any atom is 0.306 e. The van der Waals surface area contributed by atoms with Crippen molar-refractivity contribution in [1.29, 1.82) is 0 Å². The number of aliphatic hydroxyl groups excluding tert-OH is 1. The number of benzene rings is 1. The summed E-state index contributed by atoms with van der Waals surface area (Å²) >= 11 is 0. The number of carboxylic acid groups (broad SMARTS) is 1. The van der Waals surface area contributed by atoms with Gasteiger partial charge in [0.1, 0.15) is 5.75 Å². The molecule has 0 fully saturated rings. The van der Waals surface area contributed by atoms with E-state index in [1.165, 1.54) is 0 Å². The maximum absolute atomic E-state index is 10.5. The van der Waals surface area contributed by atoms with Crippen LogP contribution < -0.4 is 4.74 Å². The van der Waals surface area contributed by atoms with Gasteiger partial charge in [-0.05, 0) is 42.7 Å². The average molecular weight is 224 g/mol. The minimum Gasteiger partial charge on any atom is -0.496 e. The maximum atomic E-state index is 10.5. The fraction of sp³-hybridized carbons (Fsp3) is 0.417. The Balaban J connectivity index is 3.05. The van der Waals surface area contributed by atoms with Crippen molar-refractivity contribution in [3.63, 3.8) is 0 Å². The van der Waals surface area contributed by atoms with Crippen LogP contribution in [0.2, 0.25) is 0 Å². The van der Waals surface area contributed by atoms with Gasteiger partial charge in [0, 0.05) is 0 Å². The fourth-order valence-electron chi connectivity index (χ4n) is 1.67. The molecular weight excluding hydrogens is 208 g/mol. The zero-order valence-electron chi connectivity index (χ0n) is 9.65. The monoisotopic (exact) mass is 224 g/mol. The van der Waals surface area contributed by atoms with E-state index in [-0.39, 0.29) is 6.42 Å². The highest BCUT2D eigenvalue weighted by Crippen LogP contribution is 2.27. The van der Waals surface area contributed by atoms with Crippen molar-refractivity contribution < 1.29 is 19.7 Å². The first kappa shape index (κ1) is 12.5. The minimum atomic E-state index is -1.01. The molecule has 1 unspecified atom stereocenters. The molecule has 0 aromatic heterocycles. The van der Waals surface area contributed by atoms with Gasteiger partial charge in [0.15, 0.2) is 0 Å². The normalized spacial score (nSPS) is 12.2.